The third kappa shape index (κ3) is 3.11. The first-order chi connectivity index (χ1) is 21.3. The molecule has 200 valence electrons. The maximum Gasteiger partial charge on any atom is 0.165 e. The molecule has 0 fully saturated rings. The average molecular weight is 552 g/mol. The summed E-state index contributed by atoms with van der Waals surface area (Å²) in [4.78, 5) is 10.8. The second-order valence-electron chi connectivity index (χ2n) is 11.0. The summed E-state index contributed by atoms with van der Waals surface area (Å²) in [5.74, 6) is 0.773. The van der Waals surface area contributed by atoms with Crippen molar-refractivity contribution in [1.29, 1.82) is 0 Å². The highest BCUT2D eigenvalue weighted by Gasteiger charge is 2.22. The number of benzene rings is 6. The first kappa shape index (κ1) is 22.7. The van der Waals surface area contributed by atoms with Crippen molar-refractivity contribution in [3.05, 3.63) is 127 Å². The topological polar surface area (TPSA) is 57.0 Å². The summed E-state index contributed by atoms with van der Waals surface area (Å²) in [6.07, 6.45) is 0. The van der Waals surface area contributed by atoms with Gasteiger partial charge in [0.05, 0.1) is 21.9 Å². The Bertz CT molecular complexity index is 2730. The molecular formula is C38H21N3O2. The molecule has 0 atom stereocenters. The smallest absolute Gasteiger partial charge is 0.165 e. The number of furan rings is 2. The van der Waals surface area contributed by atoms with Gasteiger partial charge >= 0.3 is 0 Å². The molecular weight excluding hydrogens is 530 g/mol. The van der Waals surface area contributed by atoms with Gasteiger partial charge in [-0.3, -0.25) is 4.57 Å². The molecule has 0 amide bonds. The summed E-state index contributed by atoms with van der Waals surface area (Å²) in [6, 6.07) is 43.6. The van der Waals surface area contributed by atoms with Gasteiger partial charge in [0.15, 0.2) is 5.82 Å². The summed E-state index contributed by atoms with van der Waals surface area (Å²) in [6.45, 7) is 0. The van der Waals surface area contributed by atoms with Crippen molar-refractivity contribution in [2.75, 3.05) is 0 Å². The van der Waals surface area contributed by atoms with Gasteiger partial charge in [0.1, 0.15) is 33.5 Å². The average Bonchev–Trinajstić information content (AvgIpc) is 3.73. The summed E-state index contributed by atoms with van der Waals surface area (Å²) in [7, 11) is 0. The van der Waals surface area contributed by atoms with Crippen LogP contribution in [0, 0.1) is 0 Å². The Kier molecular flexibility index (Phi) is 4.39. The fourth-order valence-electron chi connectivity index (χ4n) is 6.68. The van der Waals surface area contributed by atoms with Crippen LogP contribution in [0.5, 0.6) is 0 Å². The monoisotopic (exact) mass is 551 g/mol. The van der Waals surface area contributed by atoms with Gasteiger partial charge in [0, 0.05) is 32.5 Å². The minimum Gasteiger partial charge on any atom is -0.456 e. The Balaban J connectivity index is 1.41. The van der Waals surface area contributed by atoms with E-state index < -0.39 is 0 Å². The largest absolute Gasteiger partial charge is 0.456 e. The first-order valence-electron chi connectivity index (χ1n) is 14.3. The van der Waals surface area contributed by atoms with Crippen molar-refractivity contribution in [2.45, 2.75) is 0 Å². The number of rotatable bonds is 2. The molecule has 4 heterocycles. The van der Waals surface area contributed by atoms with Crippen LogP contribution in [-0.2, 0) is 0 Å². The zero-order chi connectivity index (χ0) is 28.1. The summed E-state index contributed by atoms with van der Waals surface area (Å²) < 4.78 is 14.8. The number of fused-ring (bicyclic) bond motifs is 11. The minimum absolute atomic E-state index is 0.773. The van der Waals surface area contributed by atoms with Crippen molar-refractivity contribution < 1.29 is 8.83 Å². The molecule has 0 aliphatic rings. The molecule has 6 aromatic carbocycles. The van der Waals surface area contributed by atoms with E-state index in [9.17, 15) is 0 Å². The molecule has 0 saturated carbocycles. The predicted molar refractivity (Wildman–Crippen MR) is 174 cm³/mol. The van der Waals surface area contributed by atoms with E-state index in [1.165, 1.54) is 0 Å². The van der Waals surface area contributed by atoms with Gasteiger partial charge < -0.3 is 8.83 Å². The number of para-hydroxylation sites is 3. The van der Waals surface area contributed by atoms with E-state index in [0.717, 1.165) is 93.8 Å². The van der Waals surface area contributed by atoms with Gasteiger partial charge in [0.2, 0.25) is 0 Å². The molecule has 0 unspecified atom stereocenters. The van der Waals surface area contributed by atoms with Gasteiger partial charge in [-0.1, -0.05) is 84.9 Å². The van der Waals surface area contributed by atoms with Crippen molar-refractivity contribution in [3.8, 4) is 17.1 Å². The van der Waals surface area contributed by atoms with Crippen molar-refractivity contribution >= 4 is 76.7 Å². The molecule has 4 aromatic heterocycles. The lowest BCUT2D eigenvalue weighted by molar-refractivity contribution is 0.669. The zero-order valence-electron chi connectivity index (χ0n) is 22.8. The van der Waals surface area contributed by atoms with Crippen LogP contribution in [0.4, 0.5) is 0 Å². The van der Waals surface area contributed by atoms with Gasteiger partial charge in [-0.15, -0.1) is 0 Å². The molecule has 43 heavy (non-hydrogen) atoms. The van der Waals surface area contributed by atoms with E-state index in [4.69, 9.17) is 18.8 Å². The number of aromatic nitrogens is 3. The van der Waals surface area contributed by atoms with Crippen LogP contribution in [0.3, 0.4) is 0 Å². The summed E-state index contributed by atoms with van der Waals surface area (Å²) in [5, 5.41) is 6.42. The van der Waals surface area contributed by atoms with E-state index in [1.54, 1.807) is 0 Å². The van der Waals surface area contributed by atoms with Crippen LogP contribution in [0.2, 0.25) is 0 Å². The molecule has 0 saturated heterocycles. The Morgan fingerprint density at radius 2 is 1.16 bits per heavy atom. The molecule has 5 heteroatoms. The molecule has 0 N–H and O–H groups in total. The van der Waals surface area contributed by atoms with E-state index in [1.807, 2.05) is 60.7 Å². The lowest BCUT2D eigenvalue weighted by atomic mass is 10.1. The molecule has 0 aliphatic carbocycles. The van der Waals surface area contributed by atoms with Crippen LogP contribution in [0.15, 0.2) is 136 Å². The molecule has 10 aromatic rings. The Hall–Kier alpha value is -5.94. The Labute approximate surface area is 244 Å². The highest BCUT2D eigenvalue weighted by atomic mass is 16.3. The van der Waals surface area contributed by atoms with Crippen LogP contribution >= 0.6 is 0 Å². The van der Waals surface area contributed by atoms with Crippen LogP contribution in [0.25, 0.3) is 93.8 Å². The van der Waals surface area contributed by atoms with E-state index in [-0.39, 0.29) is 0 Å². The maximum absolute atomic E-state index is 6.31. The van der Waals surface area contributed by atoms with Gasteiger partial charge in [-0.25, -0.2) is 9.97 Å². The quantitative estimate of drug-likeness (QED) is 0.214. The zero-order valence-corrected chi connectivity index (χ0v) is 22.8. The lowest BCUT2D eigenvalue weighted by Gasteiger charge is -2.14. The molecule has 0 radical (unpaired) electrons. The maximum atomic E-state index is 6.31. The third-order valence-electron chi connectivity index (χ3n) is 8.59. The van der Waals surface area contributed by atoms with E-state index in [2.05, 4.69) is 71.3 Å². The molecule has 5 nitrogen and oxygen atoms in total. The standard InChI is InChI=1S/C38H21N3O2/c1-2-10-22(11-3-1)36-38(40-37-28(39-36)18-19-33-35(37)25-14-6-9-17-32(25)42-33)41-29-15-7-4-12-23(29)26-21-34-27(20-30(26)41)24-13-5-8-16-31(24)43-34/h1-21H. The third-order valence-corrected chi connectivity index (χ3v) is 8.59. The summed E-state index contributed by atoms with van der Waals surface area (Å²) in [5.41, 5.74) is 8.97. The molecule has 0 bridgehead atoms. The second kappa shape index (κ2) is 8.30. The lowest BCUT2D eigenvalue weighted by Crippen LogP contribution is -2.04. The fourth-order valence-corrected chi connectivity index (χ4v) is 6.68. The van der Waals surface area contributed by atoms with Crippen LogP contribution < -0.4 is 0 Å². The SMILES string of the molecule is c1ccc(-c2nc3ccc4oc5ccccc5c4c3nc2-n2c3ccccc3c3cc4oc5ccccc5c4cc32)cc1. The second-order valence-corrected chi connectivity index (χ2v) is 11.0. The minimum atomic E-state index is 0.773. The van der Waals surface area contributed by atoms with Gasteiger partial charge in [0.25, 0.3) is 0 Å². The molecule has 10 rings (SSSR count). The molecule has 0 spiro atoms. The van der Waals surface area contributed by atoms with Crippen molar-refractivity contribution in [3.63, 3.8) is 0 Å². The Morgan fingerprint density at radius 3 is 2.02 bits per heavy atom. The van der Waals surface area contributed by atoms with Crippen LogP contribution in [-0.4, -0.2) is 14.5 Å². The number of hydrogen-bond donors (Lipinski definition) is 0. The number of hydrogen-bond acceptors (Lipinski definition) is 4. The van der Waals surface area contributed by atoms with E-state index in [0.29, 0.717) is 0 Å². The predicted octanol–water partition coefficient (Wildman–Crippen LogP) is 10.2. The van der Waals surface area contributed by atoms with Crippen molar-refractivity contribution in [2.24, 2.45) is 0 Å². The fraction of sp³-hybridized carbons (Fsp3) is 0. The summed E-state index contributed by atoms with van der Waals surface area (Å²) >= 11 is 0. The Morgan fingerprint density at radius 1 is 0.465 bits per heavy atom. The normalized spacial score (nSPS) is 12.2. The highest BCUT2D eigenvalue weighted by Crippen LogP contribution is 2.41. The van der Waals surface area contributed by atoms with Crippen LogP contribution in [0.1, 0.15) is 0 Å². The highest BCUT2D eigenvalue weighted by molar-refractivity contribution is 6.19. The van der Waals surface area contributed by atoms with E-state index >= 15 is 0 Å². The first-order valence-corrected chi connectivity index (χ1v) is 14.3. The molecule has 0 aliphatic heterocycles. The van der Waals surface area contributed by atoms with Gasteiger partial charge in [-0.05, 0) is 42.5 Å². The number of nitrogens with zero attached hydrogens (tertiary/aromatic N) is 3. The van der Waals surface area contributed by atoms with Crippen molar-refractivity contribution in [1.82, 2.24) is 14.5 Å². The van der Waals surface area contributed by atoms with Gasteiger partial charge in [-0.2, -0.15) is 0 Å².